The molecule has 1 N–H and O–H groups in total. The van der Waals surface area contributed by atoms with Gasteiger partial charge in [0.25, 0.3) is 5.91 Å². The molecule has 0 atom stereocenters. The van der Waals surface area contributed by atoms with Gasteiger partial charge in [-0.25, -0.2) is 0 Å². The van der Waals surface area contributed by atoms with Crippen molar-refractivity contribution in [3.05, 3.63) is 29.8 Å². The Morgan fingerprint density at radius 1 is 1.00 bits per heavy atom. The molecule has 0 spiro atoms. The van der Waals surface area contributed by atoms with Gasteiger partial charge in [-0.05, 0) is 37.1 Å². The lowest BCUT2D eigenvalue weighted by molar-refractivity contribution is 0.0761. The third-order valence-electron chi connectivity index (χ3n) is 3.01. The van der Waals surface area contributed by atoms with Crippen molar-refractivity contribution in [2.75, 3.05) is 13.1 Å². The average Bonchev–Trinajstić information content (AvgIpc) is 2.57. The molecule has 86 valence electrons. The number of phenolic OH excluding ortho intramolecular Hbond substituents is 1. The van der Waals surface area contributed by atoms with Crippen molar-refractivity contribution in [2.24, 2.45) is 0 Å². The van der Waals surface area contributed by atoms with Crippen molar-refractivity contribution in [1.29, 1.82) is 0 Å². The van der Waals surface area contributed by atoms with E-state index in [4.69, 9.17) is 5.11 Å². The number of phenols is 1. The summed E-state index contributed by atoms with van der Waals surface area (Å²) in [4.78, 5) is 14.0. The Morgan fingerprint density at radius 3 is 2.12 bits per heavy atom. The van der Waals surface area contributed by atoms with Gasteiger partial charge in [-0.15, -0.1) is 0 Å². The Labute approximate surface area is 95.7 Å². The molecule has 0 unspecified atom stereocenters. The molecule has 1 fully saturated rings. The molecule has 0 aromatic heterocycles. The lowest BCUT2D eigenvalue weighted by atomic mass is 10.2. The van der Waals surface area contributed by atoms with E-state index in [0.717, 1.165) is 25.9 Å². The number of amides is 1. The van der Waals surface area contributed by atoms with Gasteiger partial charge in [0, 0.05) is 18.7 Å². The lowest BCUT2D eigenvalue weighted by Crippen LogP contribution is -2.31. The van der Waals surface area contributed by atoms with Crippen LogP contribution in [0.3, 0.4) is 0 Å². The summed E-state index contributed by atoms with van der Waals surface area (Å²) >= 11 is 0. The third kappa shape index (κ3) is 2.54. The van der Waals surface area contributed by atoms with Gasteiger partial charge in [-0.1, -0.05) is 12.8 Å². The Kier molecular flexibility index (Phi) is 3.44. The van der Waals surface area contributed by atoms with Crippen LogP contribution in [-0.4, -0.2) is 29.0 Å². The summed E-state index contributed by atoms with van der Waals surface area (Å²) < 4.78 is 0. The first-order chi connectivity index (χ1) is 7.77. The van der Waals surface area contributed by atoms with Crippen molar-refractivity contribution < 1.29 is 9.90 Å². The minimum Gasteiger partial charge on any atom is -0.508 e. The van der Waals surface area contributed by atoms with Gasteiger partial charge in [0.15, 0.2) is 0 Å². The quantitative estimate of drug-likeness (QED) is 0.788. The lowest BCUT2D eigenvalue weighted by Gasteiger charge is -2.20. The molecule has 1 aliphatic rings. The van der Waals surface area contributed by atoms with Crippen molar-refractivity contribution >= 4 is 5.91 Å². The number of benzene rings is 1. The van der Waals surface area contributed by atoms with Crippen LogP contribution in [-0.2, 0) is 0 Å². The normalized spacial score (nSPS) is 16.9. The Bertz CT molecular complexity index is 351. The van der Waals surface area contributed by atoms with Crippen LogP contribution in [0, 0.1) is 0 Å². The van der Waals surface area contributed by atoms with Gasteiger partial charge >= 0.3 is 0 Å². The number of hydrogen-bond donors (Lipinski definition) is 1. The maximum atomic E-state index is 12.1. The number of aromatic hydroxyl groups is 1. The fraction of sp³-hybridized carbons (Fsp3) is 0.462. The molecule has 0 radical (unpaired) electrons. The second kappa shape index (κ2) is 5.01. The van der Waals surface area contributed by atoms with E-state index < -0.39 is 0 Å². The van der Waals surface area contributed by atoms with E-state index in [2.05, 4.69) is 0 Å². The molecule has 0 bridgehead atoms. The van der Waals surface area contributed by atoms with Crippen LogP contribution in [0.25, 0.3) is 0 Å². The summed E-state index contributed by atoms with van der Waals surface area (Å²) in [5.41, 5.74) is 0.666. The number of hydrogen-bond acceptors (Lipinski definition) is 2. The van der Waals surface area contributed by atoms with E-state index in [0.29, 0.717) is 5.56 Å². The molecule has 3 nitrogen and oxygen atoms in total. The van der Waals surface area contributed by atoms with Crippen LogP contribution in [0.4, 0.5) is 0 Å². The van der Waals surface area contributed by atoms with Crippen molar-refractivity contribution in [1.82, 2.24) is 4.90 Å². The van der Waals surface area contributed by atoms with Crippen LogP contribution in [0.1, 0.15) is 36.0 Å². The van der Waals surface area contributed by atoms with Crippen LogP contribution in [0.2, 0.25) is 0 Å². The molecule has 3 heteroatoms. The van der Waals surface area contributed by atoms with E-state index in [1.807, 2.05) is 4.90 Å². The average molecular weight is 219 g/mol. The summed E-state index contributed by atoms with van der Waals surface area (Å²) in [6.07, 6.45) is 4.65. The van der Waals surface area contributed by atoms with Crippen molar-refractivity contribution in [3.8, 4) is 5.75 Å². The number of carbonyl (C=O) groups is 1. The zero-order valence-corrected chi connectivity index (χ0v) is 9.35. The molecule has 1 amide bonds. The van der Waals surface area contributed by atoms with Crippen molar-refractivity contribution in [2.45, 2.75) is 25.7 Å². The molecule has 1 heterocycles. The molecule has 1 aromatic rings. The molecule has 2 rings (SSSR count). The molecule has 16 heavy (non-hydrogen) atoms. The summed E-state index contributed by atoms with van der Waals surface area (Å²) in [5, 5.41) is 9.17. The monoisotopic (exact) mass is 219 g/mol. The zero-order chi connectivity index (χ0) is 11.4. The smallest absolute Gasteiger partial charge is 0.253 e. The highest BCUT2D eigenvalue weighted by Crippen LogP contribution is 2.15. The Hall–Kier alpha value is -1.51. The fourth-order valence-corrected chi connectivity index (χ4v) is 2.06. The van der Waals surface area contributed by atoms with Crippen molar-refractivity contribution in [3.63, 3.8) is 0 Å². The molecule has 1 aliphatic heterocycles. The molecule has 0 saturated carbocycles. The van der Waals surface area contributed by atoms with Crippen LogP contribution in [0.5, 0.6) is 5.75 Å². The maximum Gasteiger partial charge on any atom is 0.253 e. The molecule has 1 aromatic carbocycles. The summed E-state index contributed by atoms with van der Waals surface area (Å²) in [6.45, 7) is 1.72. The summed E-state index contributed by atoms with van der Waals surface area (Å²) in [7, 11) is 0. The SMILES string of the molecule is O=C(c1ccc(O)cc1)N1CCCCCC1. The minimum atomic E-state index is 0.0851. The number of rotatable bonds is 1. The Morgan fingerprint density at radius 2 is 1.56 bits per heavy atom. The maximum absolute atomic E-state index is 12.1. The van der Waals surface area contributed by atoms with Gasteiger partial charge in [-0.3, -0.25) is 4.79 Å². The van der Waals surface area contributed by atoms with E-state index in [1.54, 1.807) is 24.3 Å². The van der Waals surface area contributed by atoms with Crippen LogP contribution >= 0.6 is 0 Å². The molecule has 0 aliphatic carbocycles. The van der Waals surface area contributed by atoms with Crippen LogP contribution < -0.4 is 0 Å². The summed E-state index contributed by atoms with van der Waals surface area (Å²) in [5.74, 6) is 0.286. The van der Waals surface area contributed by atoms with E-state index in [9.17, 15) is 4.79 Å². The standard InChI is InChI=1S/C13H17NO2/c15-12-7-5-11(6-8-12)13(16)14-9-3-1-2-4-10-14/h5-8,15H,1-4,9-10H2. The highest BCUT2D eigenvalue weighted by molar-refractivity contribution is 5.94. The minimum absolute atomic E-state index is 0.0851. The zero-order valence-electron chi connectivity index (χ0n) is 9.35. The third-order valence-corrected chi connectivity index (χ3v) is 3.01. The molecular formula is C13H17NO2. The highest BCUT2D eigenvalue weighted by atomic mass is 16.3. The second-order valence-corrected chi connectivity index (χ2v) is 4.25. The fourth-order valence-electron chi connectivity index (χ4n) is 2.06. The first kappa shape index (κ1) is 11.0. The van der Waals surface area contributed by atoms with Gasteiger partial charge < -0.3 is 10.0 Å². The van der Waals surface area contributed by atoms with Gasteiger partial charge in [0.2, 0.25) is 0 Å². The number of nitrogens with zero attached hydrogens (tertiary/aromatic N) is 1. The van der Waals surface area contributed by atoms with Gasteiger partial charge in [0.05, 0.1) is 0 Å². The topological polar surface area (TPSA) is 40.5 Å². The number of likely N-dealkylation sites (tertiary alicyclic amines) is 1. The Balaban J connectivity index is 2.08. The highest BCUT2D eigenvalue weighted by Gasteiger charge is 2.16. The van der Waals surface area contributed by atoms with Crippen LogP contribution in [0.15, 0.2) is 24.3 Å². The first-order valence-corrected chi connectivity index (χ1v) is 5.86. The van der Waals surface area contributed by atoms with E-state index >= 15 is 0 Å². The number of carbonyl (C=O) groups excluding carboxylic acids is 1. The van der Waals surface area contributed by atoms with E-state index in [-0.39, 0.29) is 11.7 Å². The van der Waals surface area contributed by atoms with Gasteiger partial charge in [0.1, 0.15) is 5.75 Å². The second-order valence-electron chi connectivity index (χ2n) is 4.25. The first-order valence-electron chi connectivity index (χ1n) is 5.86. The largest absolute Gasteiger partial charge is 0.508 e. The molecular weight excluding hydrogens is 202 g/mol. The summed E-state index contributed by atoms with van der Waals surface area (Å²) in [6, 6.07) is 6.49. The predicted octanol–water partition coefficient (Wildman–Crippen LogP) is 2.41. The molecule has 1 saturated heterocycles. The van der Waals surface area contributed by atoms with E-state index in [1.165, 1.54) is 12.8 Å². The van der Waals surface area contributed by atoms with Gasteiger partial charge in [-0.2, -0.15) is 0 Å². The predicted molar refractivity (Wildman–Crippen MR) is 62.5 cm³/mol.